The maximum absolute atomic E-state index is 11.7. The maximum atomic E-state index is 11.7. The fourth-order valence-electron chi connectivity index (χ4n) is 2.02. The number of amides is 1. The molecule has 22 heavy (non-hydrogen) atoms. The summed E-state index contributed by atoms with van der Waals surface area (Å²) in [6.07, 6.45) is 1.70. The molecular formula is C16H15ClN4O. The molecule has 0 unspecified atom stereocenters. The van der Waals surface area contributed by atoms with Gasteiger partial charge in [0.1, 0.15) is 6.54 Å². The molecule has 2 N–H and O–H groups in total. The Morgan fingerprint density at radius 1 is 1.32 bits per heavy atom. The van der Waals surface area contributed by atoms with Crippen LogP contribution in [0.25, 0.3) is 0 Å². The number of hydrogen-bond donors (Lipinski definition) is 2. The molecule has 0 radical (unpaired) electrons. The van der Waals surface area contributed by atoms with Gasteiger partial charge in [0.15, 0.2) is 0 Å². The van der Waals surface area contributed by atoms with E-state index >= 15 is 0 Å². The third-order valence-electron chi connectivity index (χ3n) is 3.00. The summed E-state index contributed by atoms with van der Waals surface area (Å²) in [5.74, 6) is -0.246. The number of aromatic nitrogens is 1. The second-order valence-electron chi connectivity index (χ2n) is 4.56. The van der Waals surface area contributed by atoms with Gasteiger partial charge in [-0.05, 0) is 29.8 Å². The first-order chi connectivity index (χ1) is 10.7. The molecular weight excluding hydrogens is 300 g/mol. The number of halogens is 1. The lowest BCUT2D eigenvalue weighted by atomic mass is 10.0. The van der Waals surface area contributed by atoms with Crippen molar-refractivity contribution in [2.75, 3.05) is 13.1 Å². The lowest BCUT2D eigenvalue weighted by Gasteiger charge is -2.18. The zero-order valence-electron chi connectivity index (χ0n) is 11.8. The van der Waals surface area contributed by atoms with Gasteiger partial charge in [-0.15, -0.1) is 0 Å². The van der Waals surface area contributed by atoms with Gasteiger partial charge < -0.3 is 5.32 Å². The van der Waals surface area contributed by atoms with E-state index in [0.717, 1.165) is 11.3 Å². The Labute approximate surface area is 133 Å². The Balaban J connectivity index is 2.16. The Morgan fingerprint density at radius 3 is 2.86 bits per heavy atom. The second kappa shape index (κ2) is 8.13. The summed E-state index contributed by atoms with van der Waals surface area (Å²) in [5.41, 5.74) is 1.71. The number of benzene rings is 1. The Morgan fingerprint density at radius 2 is 2.18 bits per heavy atom. The van der Waals surface area contributed by atoms with E-state index in [1.165, 1.54) is 0 Å². The molecule has 2 aromatic rings. The molecule has 1 atom stereocenters. The lowest BCUT2D eigenvalue weighted by molar-refractivity contribution is -0.120. The van der Waals surface area contributed by atoms with Crippen LogP contribution in [0.5, 0.6) is 0 Å². The van der Waals surface area contributed by atoms with Crippen LogP contribution in [0.15, 0.2) is 48.7 Å². The summed E-state index contributed by atoms with van der Waals surface area (Å²) in [6.45, 7) is 0.0708. The van der Waals surface area contributed by atoms with E-state index in [4.69, 9.17) is 16.9 Å². The minimum Gasteiger partial charge on any atom is -0.342 e. The Hall–Kier alpha value is -2.42. The number of nitrogens with zero attached hydrogens (tertiary/aromatic N) is 2. The number of nitrogens with one attached hydrogen (secondary N) is 2. The van der Waals surface area contributed by atoms with Crippen LogP contribution < -0.4 is 10.6 Å². The predicted molar refractivity (Wildman–Crippen MR) is 84.2 cm³/mol. The topological polar surface area (TPSA) is 77.8 Å². The van der Waals surface area contributed by atoms with Gasteiger partial charge in [0.2, 0.25) is 5.91 Å². The monoisotopic (exact) mass is 314 g/mol. The Bertz CT molecular complexity index is 669. The van der Waals surface area contributed by atoms with Crippen LogP contribution in [-0.2, 0) is 4.79 Å². The van der Waals surface area contributed by atoms with Crippen LogP contribution >= 0.6 is 11.6 Å². The molecule has 5 nitrogen and oxygen atoms in total. The van der Waals surface area contributed by atoms with Gasteiger partial charge in [-0.2, -0.15) is 5.26 Å². The molecule has 0 spiro atoms. The van der Waals surface area contributed by atoms with E-state index in [-0.39, 0.29) is 25.0 Å². The molecule has 112 valence electrons. The van der Waals surface area contributed by atoms with E-state index < -0.39 is 0 Å². The fraction of sp³-hybridized carbons (Fsp3) is 0.188. The number of hydrogen-bond acceptors (Lipinski definition) is 4. The molecule has 1 aromatic heterocycles. The molecule has 0 saturated carbocycles. The van der Waals surface area contributed by atoms with Gasteiger partial charge in [0.25, 0.3) is 0 Å². The van der Waals surface area contributed by atoms with Gasteiger partial charge >= 0.3 is 0 Å². The van der Waals surface area contributed by atoms with Crippen LogP contribution in [0.4, 0.5) is 0 Å². The molecule has 1 heterocycles. The highest BCUT2D eigenvalue weighted by Crippen LogP contribution is 2.22. The first kappa shape index (κ1) is 16.0. The molecule has 2 rings (SSSR count). The van der Waals surface area contributed by atoms with Crippen molar-refractivity contribution in [2.24, 2.45) is 0 Å². The largest absolute Gasteiger partial charge is 0.342 e. The van der Waals surface area contributed by atoms with E-state index in [9.17, 15) is 4.79 Å². The summed E-state index contributed by atoms with van der Waals surface area (Å²) in [4.78, 5) is 16.0. The standard InChI is InChI=1S/C16H15ClN4O/c17-13-5-3-4-12(10-13)16(14-6-1-2-8-19-14)21-11-15(22)20-9-7-18/h1-6,8,10,16,21H,9,11H2,(H,20,22)/t16-/m1/s1. The SMILES string of the molecule is N#CCNC(=O)CN[C@H](c1cccc(Cl)c1)c1ccccn1. The third-order valence-corrected chi connectivity index (χ3v) is 3.23. The first-order valence-electron chi connectivity index (χ1n) is 6.74. The molecule has 0 aliphatic carbocycles. The van der Waals surface area contributed by atoms with Crippen LogP contribution in [-0.4, -0.2) is 24.0 Å². The molecule has 0 saturated heterocycles. The van der Waals surface area contributed by atoms with E-state index in [0.29, 0.717) is 5.02 Å². The van der Waals surface area contributed by atoms with Crippen molar-refractivity contribution in [1.82, 2.24) is 15.6 Å². The smallest absolute Gasteiger partial charge is 0.234 e. The van der Waals surface area contributed by atoms with Crippen LogP contribution in [0.2, 0.25) is 5.02 Å². The summed E-state index contributed by atoms with van der Waals surface area (Å²) >= 11 is 6.04. The number of carbonyl (C=O) groups excluding carboxylic acids is 1. The summed E-state index contributed by atoms with van der Waals surface area (Å²) < 4.78 is 0. The third kappa shape index (κ3) is 4.55. The summed E-state index contributed by atoms with van der Waals surface area (Å²) in [7, 11) is 0. The van der Waals surface area contributed by atoms with E-state index in [1.54, 1.807) is 12.3 Å². The van der Waals surface area contributed by atoms with Gasteiger partial charge in [0, 0.05) is 11.2 Å². The maximum Gasteiger partial charge on any atom is 0.234 e. The first-order valence-corrected chi connectivity index (χ1v) is 7.12. The molecule has 0 aliphatic heterocycles. The van der Waals surface area contributed by atoms with Crippen molar-refractivity contribution >= 4 is 17.5 Å². The fourth-order valence-corrected chi connectivity index (χ4v) is 2.22. The highest BCUT2D eigenvalue weighted by Gasteiger charge is 2.16. The normalized spacial score (nSPS) is 11.5. The van der Waals surface area contributed by atoms with E-state index in [1.807, 2.05) is 42.5 Å². The second-order valence-corrected chi connectivity index (χ2v) is 4.99. The van der Waals surface area contributed by atoms with Crippen LogP contribution in [0, 0.1) is 11.3 Å². The number of rotatable bonds is 6. The van der Waals surface area contributed by atoms with Gasteiger partial charge in [-0.3, -0.25) is 15.1 Å². The zero-order chi connectivity index (χ0) is 15.8. The molecule has 0 fully saturated rings. The predicted octanol–water partition coefficient (Wildman–Crippen LogP) is 2.05. The van der Waals surface area contributed by atoms with E-state index in [2.05, 4.69) is 15.6 Å². The lowest BCUT2D eigenvalue weighted by Crippen LogP contribution is -2.36. The van der Waals surface area contributed by atoms with Crippen molar-refractivity contribution in [1.29, 1.82) is 5.26 Å². The van der Waals surface area contributed by atoms with Crippen LogP contribution in [0.3, 0.4) is 0 Å². The molecule has 1 aromatic carbocycles. The van der Waals surface area contributed by atoms with Crippen molar-refractivity contribution in [3.05, 3.63) is 64.9 Å². The van der Waals surface area contributed by atoms with Crippen molar-refractivity contribution < 1.29 is 4.79 Å². The number of carbonyl (C=O) groups is 1. The zero-order valence-corrected chi connectivity index (χ0v) is 12.5. The van der Waals surface area contributed by atoms with Crippen molar-refractivity contribution in [2.45, 2.75) is 6.04 Å². The highest BCUT2D eigenvalue weighted by atomic mass is 35.5. The van der Waals surface area contributed by atoms with Crippen molar-refractivity contribution in [3.8, 4) is 6.07 Å². The number of nitriles is 1. The average Bonchev–Trinajstić information content (AvgIpc) is 2.54. The minimum atomic E-state index is -0.257. The van der Waals surface area contributed by atoms with Crippen molar-refractivity contribution in [3.63, 3.8) is 0 Å². The highest BCUT2D eigenvalue weighted by molar-refractivity contribution is 6.30. The molecule has 0 bridgehead atoms. The Kier molecular flexibility index (Phi) is 5.90. The average molecular weight is 315 g/mol. The van der Waals surface area contributed by atoms with Gasteiger partial charge in [0.05, 0.1) is 24.3 Å². The number of pyridine rings is 1. The molecule has 1 amide bonds. The minimum absolute atomic E-state index is 0.00800. The molecule has 6 heteroatoms. The van der Waals surface area contributed by atoms with Gasteiger partial charge in [-0.1, -0.05) is 29.8 Å². The quantitative estimate of drug-likeness (QED) is 0.800. The summed E-state index contributed by atoms with van der Waals surface area (Å²) in [6, 6.07) is 14.6. The molecule has 0 aliphatic rings. The summed E-state index contributed by atoms with van der Waals surface area (Å²) in [5, 5.41) is 14.7. The van der Waals surface area contributed by atoms with Crippen LogP contribution in [0.1, 0.15) is 17.3 Å². The van der Waals surface area contributed by atoms with Gasteiger partial charge in [-0.25, -0.2) is 0 Å².